The predicted octanol–water partition coefficient (Wildman–Crippen LogP) is 2.31. The maximum absolute atomic E-state index is 6.03. The summed E-state index contributed by atoms with van der Waals surface area (Å²) in [5.74, 6) is 1.58. The number of halogens is 1. The van der Waals surface area contributed by atoms with E-state index >= 15 is 0 Å². The van der Waals surface area contributed by atoms with Crippen LogP contribution >= 0.6 is 15.9 Å². The molecule has 4 rings (SSSR count). The van der Waals surface area contributed by atoms with Crippen molar-refractivity contribution in [1.82, 2.24) is 9.55 Å². The van der Waals surface area contributed by atoms with Crippen LogP contribution < -0.4 is 15.2 Å². The minimum Gasteiger partial charge on any atom is -0.454 e. The zero-order valence-electron chi connectivity index (χ0n) is 10.8. The molecule has 1 aromatic carbocycles. The van der Waals surface area contributed by atoms with E-state index in [1.54, 1.807) is 0 Å². The van der Waals surface area contributed by atoms with Crippen molar-refractivity contribution in [1.29, 1.82) is 0 Å². The molecule has 1 aromatic heterocycles. The number of nitrogens with two attached hydrogens (primary N) is 1. The summed E-state index contributed by atoms with van der Waals surface area (Å²) in [7, 11) is 0. The Hall–Kier alpha value is -1.53. The van der Waals surface area contributed by atoms with Crippen LogP contribution in [-0.2, 0) is 13.0 Å². The normalized spacial score (nSPS) is 20.0. The summed E-state index contributed by atoms with van der Waals surface area (Å²) in [6, 6.07) is 6.16. The molecule has 104 valence electrons. The molecule has 6 heteroatoms. The first-order valence-electron chi connectivity index (χ1n) is 6.63. The number of imidazole rings is 1. The molecule has 0 saturated carbocycles. The van der Waals surface area contributed by atoms with Crippen molar-refractivity contribution in [2.24, 2.45) is 5.73 Å². The Morgan fingerprint density at radius 1 is 1.30 bits per heavy atom. The minimum absolute atomic E-state index is 0.206. The highest BCUT2D eigenvalue weighted by Gasteiger charge is 2.24. The van der Waals surface area contributed by atoms with Gasteiger partial charge in [0.1, 0.15) is 0 Å². The van der Waals surface area contributed by atoms with Gasteiger partial charge in [-0.25, -0.2) is 4.98 Å². The number of nitrogens with zero attached hydrogens (tertiary/aromatic N) is 2. The van der Waals surface area contributed by atoms with Crippen LogP contribution in [0.15, 0.2) is 22.9 Å². The molecule has 20 heavy (non-hydrogen) atoms. The molecule has 0 bridgehead atoms. The number of aromatic nitrogens is 2. The van der Waals surface area contributed by atoms with Crippen LogP contribution in [-0.4, -0.2) is 22.4 Å². The molecule has 2 aliphatic rings. The smallest absolute Gasteiger partial charge is 0.231 e. The largest absolute Gasteiger partial charge is 0.454 e. The number of benzene rings is 1. The summed E-state index contributed by atoms with van der Waals surface area (Å²) < 4.78 is 13.8. The number of ether oxygens (including phenoxy) is 2. The van der Waals surface area contributed by atoms with Gasteiger partial charge in [0, 0.05) is 23.8 Å². The lowest BCUT2D eigenvalue weighted by Crippen LogP contribution is -2.31. The van der Waals surface area contributed by atoms with E-state index in [2.05, 4.69) is 25.5 Å². The molecule has 0 radical (unpaired) electrons. The highest BCUT2D eigenvalue weighted by atomic mass is 79.9. The van der Waals surface area contributed by atoms with Gasteiger partial charge in [-0.3, -0.25) is 0 Å². The molecular formula is C14H14BrN3O2. The van der Waals surface area contributed by atoms with Crippen molar-refractivity contribution in [3.05, 3.63) is 28.6 Å². The van der Waals surface area contributed by atoms with Crippen molar-refractivity contribution < 1.29 is 9.47 Å². The molecular weight excluding hydrogens is 322 g/mol. The first kappa shape index (κ1) is 12.2. The van der Waals surface area contributed by atoms with E-state index in [0.717, 1.165) is 46.9 Å². The summed E-state index contributed by atoms with van der Waals surface area (Å²) in [5, 5.41) is 0. The highest BCUT2D eigenvalue weighted by Crippen LogP contribution is 2.38. The molecule has 2 N–H and O–H groups in total. The Morgan fingerprint density at radius 2 is 2.15 bits per heavy atom. The van der Waals surface area contributed by atoms with Crippen LogP contribution in [0.1, 0.15) is 12.1 Å². The number of hydrogen-bond acceptors (Lipinski definition) is 4. The lowest BCUT2D eigenvalue weighted by molar-refractivity contribution is 0.174. The maximum Gasteiger partial charge on any atom is 0.231 e. The van der Waals surface area contributed by atoms with Gasteiger partial charge in [-0.2, -0.15) is 0 Å². The summed E-state index contributed by atoms with van der Waals surface area (Å²) in [4.78, 5) is 4.65. The van der Waals surface area contributed by atoms with E-state index in [0.29, 0.717) is 6.79 Å². The molecule has 1 unspecified atom stereocenters. The van der Waals surface area contributed by atoms with E-state index in [-0.39, 0.29) is 6.04 Å². The Morgan fingerprint density at radius 3 is 3.05 bits per heavy atom. The molecule has 2 aromatic rings. The molecule has 3 heterocycles. The SMILES string of the molecule is NC1CCc2c(-c3ccc4c(c3)OCO4)nc(Br)n2C1. The van der Waals surface area contributed by atoms with Gasteiger partial charge in [0.2, 0.25) is 6.79 Å². The van der Waals surface area contributed by atoms with Crippen molar-refractivity contribution in [2.75, 3.05) is 6.79 Å². The zero-order chi connectivity index (χ0) is 13.7. The van der Waals surface area contributed by atoms with Gasteiger partial charge in [0.15, 0.2) is 16.2 Å². The average Bonchev–Trinajstić information content (AvgIpc) is 3.03. The summed E-state index contributed by atoms with van der Waals surface area (Å²) in [6.45, 7) is 1.10. The first-order chi connectivity index (χ1) is 9.72. The lowest BCUT2D eigenvalue weighted by atomic mass is 10.0. The van der Waals surface area contributed by atoms with Gasteiger partial charge in [0.25, 0.3) is 0 Å². The molecule has 0 aliphatic carbocycles. The third kappa shape index (κ3) is 1.83. The Balaban J connectivity index is 1.81. The fraction of sp³-hybridized carbons (Fsp3) is 0.357. The third-order valence-electron chi connectivity index (χ3n) is 3.84. The molecule has 0 fully saturated rings. The van der Waals surface area contributed by atoms with Gasteiger partial charge in [-0.15, -0.1) is 0 Å². The van der Waals surface area contributed by atoms with Crippen LogP contribution in [0.5, 0.6) is 11.5 Å². The molecule has 0 amide bonds. The molecule has 1 atom stereocenters. The Labute approximate surface area is 124 Å². The fourth-order valence-electron chi connectivity index (χ4n) is 2.82. The van der Waals surface area contributed by atoms with Gasteiger partial charge < -0.3 is 19.8 Å². The maximum atomic E-state index is 6.03. The standard InChI is InChI=1S/C14H14BrN3O2/c15-14-17-13(10-3-2-9(16)6-18(10)14)8-1-4-11-12(5-8)20-7-19-11/h1,4-5,9H,2-3,6-7,16H2. The number of fused-ring (bicyclic) bond motifs is 2. The predicted molar refractivity (Wildman–Crippen MR) is 77.8 cm³/mol. The van der Waals surface area contributed by atoms with Crippen LogP contribution in [0.3, 0.4) is 0 Å². The quantitative estimate of drug-likeness (QED) is 0.868. The third-order valence-corrected chi connectivity index (χ3v) is 4.45. The zero-order valence-corrected chi connectivity index (χ0v) is 12.4. The second kappa shape index (κ2) is 4.49. The lowest BCUT2D eigenvalue weighted by Gasteiger charge is -2.21. The van der Waals surface area contributed by atoms with E-state index in [1.807, 2.05) is 18.2 Å². The van der Waals surface area contributed by atoms with Crippen molar-refractivity contribution in [3.63, 3.8) is 0 Å². The second-order valence-electron chi connectivity index (χ2n) is 5.15. The topological polar surface area (TPSA) is 62.3 Å². The Bertz CT molecular complexity index is 683. The van der Waals surface area contributed by atoms with Gasteiger partial charge >= 0.3 is 0 Å². The number of hydrogen-bond donors (Lipinski definition) is 1. The van der Waals surface area contributed by atoms with Crippen molar-refractivity contribution in [3.8, 4) is 22.8 Å². The van der Waals surface area contributed by atoms with Gasteiger partial charge in [-0.05, 0) is 47.0 Å². The van der Waals surface area contributed by atoms with Crippen LogP contribution in [0, 0.1) is 0 Å². The summed E-state index contributed by atoms with van der Waals surface area (Å²) in [5.41, 5.74) is 9.32. The minimum atomic E-state index is 0.206. The monoisotopic (exact) mass is 335 g/mol. The summed E-state index contributed by atoms with van der Waals surface area (Å²) in [6.07, 6.45) is 1.94. The fourth-order valence-corrected chi connectivity index (χ4v) is 3.35. The highest BCUT2D eigenvalue weighted by molar-refractivity contribution is 9.10. The second-order valence-corrected chi connectivity index (χ2v) is 5.86. The molecule has 0 saturated heterocycles. The Kier molecular flexibility index (Phi) is 2.75. The van der Waals surface area contributed by atoms with E-state index in [4.69, 9.17) is 15.2 Å². The van der Waals surface area contributed by atoms with E-state index in [1.165, 1.54) is 5.69 Å². The van der Waals surface area contributed by atoms with Crippen molar-refractivity contribution >= 4 is 15.9 Å². The van der Waals surface area contributed by atoms with E-state index < -0.39 is 0 Å². The van der Waals surface area contributed by atoms with Gasteiger partial charge in [-0.1, -0.05) is 0 Å². The van der Waals surface area contributed by atoms with E-state index in [9.17, 15) is 0 Å². The molecule has 0 spiro atoms. The van der Waals surface area contributed by atoms with Crippen LogP contribution in [0.25, 0.3) is 11.3 Å². The number of rotatable bonds is 1. The average molecular weight is 336 g/mol. The van der Waals surface area contributed by atoms with Gasteiger partial charge in [0.05, 0.1) is 5.69 Å². The van der Waals surface area contributed by atoms with Crippen LogP contribution in [0.4, 0.5) is 0 Å². The molecule has 2 aliphatic heterocycles. The van der Waals surface area contributed by atoms with Crippen LogP contribution in [0.2, 0.25) is 0 Å². The van der Waals surface area contributed by atoms with Crippen molar-refractivity contribution in [2.45, 2.75) is 25.4 Å². The molecule has 5 nitrogen and oxygen atoms in total. The summed E-state index contributed by atoms with van der Waals surface area (Å²) >= 11 is 3.53. The first-order valence-corrected chi connectivity index (χ1v) is 7.42.